The molecule has 0 saturated heterocycles. The molecule has 0 spiro atoms. The van der Waals surface area contributed by atoms with Gasteiger partial charge in [-0.25, -0.2) is 4.39 Å². The third-order valence-electron chi connectivity index (χ3n) is 1.95. The Kier molecular flexibility index (Phi) is 5.60. The fraction of sp³-hybridized carbons (Fsp3) is 0.455. The topological polar surface area (TPSA) is 67.5 Å². The first-order valence-electron chi connectivity index (χ1n) is 5.21. The Morgan fingerprint density at radius 1 is 1.31 bits per heavy atom. The van der Waals surface area contributed by atoms with Gasteiger partial charge in [-0.1, -0.05) is 0 Å². The van der Waals surface area contributed by atoms with E-state index < -0.39 is 0 Å². The highest BCUT2D eigenvalue weighted by atomic mass is 19.1. The Morgan fingerprint density at radius 3 is 2.81 bits per heavy atom. The van der Waals surface area contributed by atoms with Gasteiger partial charge in [-0.3, -0.25) is 0 Å². The Labute approximate surface area is 94.2 Å². The summed E-state index contributed by atoms with van der Waals surface area (Å²) in [4.78, 5) is 0. The zero-order valence-electron chi connectivity index (χ0n) is 9.08. The van der Waals surface area contributed by atoms with Gasteiger partial charge in [0.1, 0.15) is 5.82 Å². The maximum atomic E-state index is 12.9. The predicted molar refractivity (Wildman–Crippen MR) is 61.8 cm³/mol. The minimum absolute atomic E-state index is 0.0356. The lowest BCUT2D eigenvalue weighted by Crippen LogP contribution is -2.08. The number of aliphatic hydroxyl groups is 1. The smallest absolute Gasteiger partial charge is 0.127 e. The van der Waals surface area contributed by atoms with Crippen molar-refractivity contribution in [2.24, 2.45) is 0 Å². The van der Waals surface area contributed by atoms with E-state index in [0.29, 0.717) is 31.1 Å². The van der Waals surface area contributed by atoms with E-state index in [2.05, 4.69) is 5.32 Å². The van der Waals surface area contributed by atoms with Crippen LogP contribution in [0, 0.1) is 5.82 Å². The van der Waals surface area contributed by atoms with Crippen molar-refractivity contribution in [2.75, 3.05) is 37.4 Å². The molecule has 0 heterocycles. The van der Waals surface area contributed by atoms with Crippen LogP contribution in [0.15, 0.2) is 18.2 Å². The standard InChI is InChI=1S/C11H17FN2O2/c12-9-6-10(13)8-11(7-9)14-2-1-4-16-5-3-15/h6-8,14-15H,1-5,13H2. The highest BCUT2D eigenvalue weighted by molar-refractivity contribution is 5.54. The number of hydrogen-bond acceptors (Lipinski definition) is 4. The number of halogens is 1. The van der Waals surface area contributed by atoms with Crippen molar-refractivity contribution in [2.45, 2.75) is 6.42 Å². The fourth-order valence-corrected chi connectivity index (χ4v) is 1.29. The third kappa shape index (κ3) is 4.95. The lowest BCUT2D eigenvalue weighted by Gasteiger charge is -2.07. The van der Waals surface area contributed by atoms with Crippen LogP contribution < -0.4 is 11.1 Å². The highest BCUT2D eigenvalue weighted by Crippen LogP contribution is 2.15. The van der Waals surface area contributed by atoms with E-state index in [1.54, 1.807) is 6.07 Å². The van der Waals surface area contributed by atoms with Gasteiger partial charge in [0.2, 0.25) is 0 Å². The molecule has 0 unspecified atom stereocenters. The van der Waals surface area contributed by atoms with Crippen LogP contribution in [0.2, 0.25) is 0 Å². The summed E-state index contributed by atoms with van der Waals surface area (Å²) in [5.74, 6) is -0.348. The summed E-state index contributed by atoms with van der Waals surface area (Å²) < 4.78 is 18.0. The number of ether oxygens (including phenoxy) is 1. The van der Waals surface area contributed by atoms with Crippen LogP contribution >= 0.6 is 0 Å². The molecule has 1 aromatic rings. The molecule has 1 rings (SSSR count). The minimum atomic E-state index is -0.348. The Morgan fingerprint density at radius 2 is 2.12 bits per heavy atom. The summed E-state index contributed by atoms with van der Waals surface area (Å²) in [6.07, 6.45) is 0.788. The monoisotopic (exact) mass is 228 g/mol. The summed E-state index contributed by atoms with van der Waals surface area (Å²) in [5.41, 5.74) is 6.57. The molecule has 4 N–H and O–H groups in total. The predicted octanol–water partition coefficient (Wildman–Crippen LogP) is 1.22. The number of anilines is 2. The van der Waals surface area contributed by atoms with Crippen LogP contribution in [0.1, 0.15) is 6.42 Å². The van der Waals surface area contributed by atoms with Crippen LogP contribution in [0.25, 0.3) is 0 Å². The molecule has 5 heteroatoms. The average molecular weight is 228 g/mol. The van der Waals surface area contributed by atoms with Crippen molar-refractivity contribution < 1.29 is 14.2 Å². The number of nitrogen functional groups attached to an aromatic ring is 1. The van der Waals surface area contributed by atoms with Gasteiger partial charge in [-0.2, -0.15) is 0 Å². The molecule has 0 atom stereocenters. The van der Waals surface area contributed by atoms with Gasteiger partial charge in [0, 0.05) is 24.5 Å². The van der Waals surface area contributed by atoms with Crippen molar-refractivity contribution in [1.29, 1.82) is 0 Å². The molecule has 90 valence electrons. The summed E-state index contributed by atoms with van der Waals surface area (Å²) in [7, 11) is 0. The summed E-state index contributed by atoms with van der Waals surface area (Å²) >= 11 is 0. The SMILES string of the molecule is Nc1cc(F)cc(NCCCOCCO)c1. The molecule has 16 heavy (non-hydrogen) atoms. The van der Waals surface area contributed by atoms with Crippen LogP contribution in [0.5, 0.6) is 0 Å². The molecule has 4 nitrogen and oxygen atoms in total. The molecule has 0 aliphatic carbocycles. The first-order valence-corrected chi connectivity index (χ1v) is 5.21. The van der Waals surface area contributed by atoms with Crippen molar-refractivity contribution in [1.82, 2.24) is 0 Å². The van der Waals surface area contributed by atoms with Gasteiger partial charge in [0.15, 0.2) is 0 Å². The van der Waals surface area contributed by atoms with Crippen LogP contribution in [0.3, 0.4) is 0 Å². The molecular formula is C11H17FN2O2. The van der Waals surface area contributed by atoms with E-state index >= 15 is 0 Å². The zero-order valence-corrected chi connectivity index (χ0v) is 9.08. The highest BCUT2D eigenvalue weighted by Gasteiger charge is 1.97. The van der Waals surface area contributed by atoms with Crippen molar-refractivity contribution in [3.05, 3.63) is 24.0 Å². The second-order valence-electron chi connectivity index (χ2n) is 3.39. The normalized spacial score (nSPS) is 10.4. The van der Waals surface area contributed by atoms with E-state index in [4.69, 9.17) is 15.6 Å². The average Bonchev–Trinajstić information content (AvgIpc) is 2.22. The van der Waals surface area contributed by atoms with Crippen LogP contribution in [0.4, 0.5) is 15.8 Å². The number of hydrogen-bond donors (Lipinski definition) is 3. The second kappa shape index (κ2) is 7.03. The summed E-state index contributed by atoms with van der Waals surface area (Å²) in [6.45, 7) is 1.63. The number of rotatable bonds is 7. The van der Waals surface area contributed by atoms with Crippen molar-refractivity contribution >= 4 is 11.4 Å². The fourth-order valence-electron chi connectivity index (χ4n) is 1.29. The third-order valence-corrected chi connectivity index (χ3v) is 1.95. The zero-order chi connectivity index (χ0) is 11.8. The van der Waals surface area contributed by atoms with Gasteiger partial charge < -0.3 is 20.9 Å². The van der Waals surface area contributed by atoms with Crippen LogP contribution in [-0.4, -0.2) is 31.5 Å². The molecule has 1 aromatic carbocycles. The molecular weight excluding hydrogens is 211 g/mol. The molecule has 0 fully saturated rings. The molecule has 0 aliphatic heterocycles. The number of benzene rings is 1. The molecule has 0 amide bonds. The molecule has 0 aromatic heterocycles. The summed E-state index contributed by atoms with van der Waals surface area (Å²) in [6, 6.07) is 4.35. The second-order valence-corrected chi connectivity index (χ2v) is 3.39. The Balaban J connectivity index is 2.21. The van der Waals surface area contributed by atoms with Gasteiger partial charge in [-0.15, -0.1) is 0 Å². The van der Waals surface area contributed by atoms with E-state index in [1.165, 1.54) is 12.1 Å². The van der Waals surface area contributed by atoms with E-state index in [0.717, 1.165) is 6.42 Å². The summed E-state index contributed by atoms with van der Waals surface area (Å²) in [5, 5.41) is 11.5. The Bertz CT molecular complexity index is 301. The molecule has 0 saturated carbocycles. The molecule has 0 radical (unpaired) electrons. The van der Waals surface area contributed by atoms with E-state index in [1.807, 2.05) is 0 Å². The van der Waals surface area contributed by atoms with E-state index in [9.17, 15) is 4.39 Å². The van der Waals surface area contributed by atoms with Crippen LogP contribution in [-0.2, 0) is 4.74 Å². The quantitative estimate of drug-likeness (QED) is 0.485. The van der Waals surface area contributed by atoms with Crippen molar-refractivity contribution in [3.63, 3.8) is 0 Å². The van der Waals surface area contributed by atoms with Gasteiger partial charge in [0.05, 0.1) is 13.2 Å². The maximum absolute atomic E-state index is 12.9. The first-order chi connectivity index (χ1) is 7.72. The first kappa shape index (κ1) is 12.7. The minimum Gasteiger partial charge on any atom is -0.399 e. The number of nitrogens with one attached hydrogen (secondary N) is 1. The number of aliphatic hydroxyl groups excluding tert-OH is 1. The van der Waals surface area contributed by atoms with Gasteiger partial charge in [0.25, 0.3) is 0 Å². The van der Waals surface area contributed by atoms with Crippen molar-refractivity contribution in [3.8, 4) is 0 Å². The molecule has 0 bridgehead atoms. The maximum Gasteiger partial charge on any atom is 0.127 e. The van der Waals surface area contributed by atoms with E-state index in [-0.39, 0.29) is 12.4 Å². The lowest BCUT2D eigenvalue weighted by molar-refractivity contribution is 0.0922. The lowest BCUT2D eigenvalue weighted by atomic mass is 10.2. The van der Waals surface area contributed by atoms with Gasteiger partial charge in [-0.05, 0) is 24.6 Å². The molecule has 0 aliphatic rings. The largest absolute Gasteiger partial charge is 0.399 e. The van der Waals surface area contributed by atoms with Gasteiger partial charge >= 0.3 is 0 Å². The Hall–Kier alpha value is -1.33. The number of nitrogens with two attached hydrogens (primary N) is 1.